The van der Waals surface area contributed by atoms with Crippen LogP contribution in [-0.2, 0) is 25.0 Å². The van der Waals surface area contributed by atoms with Crippen LogP contribution >= 0.6 is 0 Å². The standard InChI is InChI=1S/C13H7F6NO8S2/c1-26-11(21)7-4-2-3-6-8(7)5-20-10(28-30(24,25)13(17,18)19)9(6)27-29(22,23)12(14,15)16/h2-5H,1H3. The normalized spacial score (nSPS) is 13.2. The van der Waals surface area contributed by atoms with Crippen LogP contribution < -0.4 is 8.37 Å². The number of esters is 1. The molecule has 0 bridgehead atoms. The van der Waals surface area contributed by atoms with E-state index in [1.807, 2.05) is 0 Å². The van der Waals surface area contributed by atoms with Gasteiger partial charge in [-0.3, -0.25) is 0 Å². The summed E-state index contributed by atoms with van der Waals surface area (Å²) in [6, 6.07) is 2.85. The van der Waals surface area contributed by atoms with Crippen molar-refractivity contribution in [3.63, 3.8) is 0 Å². The third-order valence-corrected chi connectivity index (χ3v) is 5.11. The van der Waals surface area contributed by atoms with Gasteiger partial charge >= 0.3 is 37.2 Å². The van der Waals surface area contributed by atoms with E-state index in [0.29, 0.717) is 6.20 Å². The van der Waals surface area contributed by atoms with Gasteiger partial charge in [-0.25, -0.2) is 9.78 Å². The maximum Gasteiger partial charge on any atom is 0.534 e. The second-order valence-electron chi connectivity index (χ2n) is 5.12. The summed E-state index contributed by atoms with van der Waals surface area (Å²) in [5.41, 5.74) is -12.5. The molecule has 0 saturated carbocycles. The smallest absolute Gasteiger partial charge is 0.465 e. The van der Waals surface area contributed by atoms with Gasteiger partial charge in [0.1, 0.15) is 0 Å². The molecule has 0 radical (unpaired) electrons. The van der Waals surface area contributed by atoms with Crippen molar-refractivity contribution < 1.29 is 61.1 Å². The van der Waals surface area contributed by atoms with Crippen molar-refractivity contribution in [2.45, 2.75) is 11.0 Å². The zero-order chi connectivity index (χ0) is 23.1. The first-order chi connectivity index (χ1) is 13.5. The van der Waals surface area contributed by atoms with Crippen LogP contribution in [0.4, 0.5) is 26.3 Å². The van der Waals surface area contributed by atoms with Gasteiger partial charge in [-0.05, 0) is 6.07 Å². The number of fused-ring (bicyclic) bond motifs is 1. The molecule has 30 heavy (non-hydrogen) atoms. The lowest BCUT2D eigenvalue weighted by atomic mass is 10.1. The third-order valence-electron chi connectivity index (χ3n) is 3.21. The van der Waals surface area contributed by atoms with E-state index in [-0.39, 0.29) is 0 Å². The maximum atomic E-state index is 12.7. The van der Waals surface area contributed by atoms with Gasteiger partial charge in [-0.1, -0.05) is 12.1 Å². The van der Waals surface area contributed by atoms with Gasteiger partial charge in [-0.15, -0.1) is 0 Å². The third kappa shape index (κ3) is 4.35. The number of nitrogens with zero attached hydrogens (tertiary/aromatic N) is 1. The highest BCUT2D eigenvalue weighted by Gasteiger charge is 2.51. The Balaban J connectivity index is 2.84. The second-order valence-corrected chi connectivity index (χ2v) is 8.19. The minimum absolute atomic E-state index is 0.401. The number of hydrogen-bond acceptors (Lipinski definition) is 9. The molecule has 0 aliphatic rings. The van der Waals surface area contributed by atoms with E-state index < -0.39 is 65.2 Å². The summed E-state index contributed by atoms with van der Waals surface area (Å²) < 4.78 is 133. The number of ether oxygens (including phenoxy) is 1. The van der Waals surface area contributed by atoms with Gasteiger partial charge < -0.3 is 13.1 Å². The number of benzene rings is 1. The lowest BCUT2D eigenvalue weighted by molar-refractivity contribution is -0.0513. The van der Waals surface area contributed by atoms with Crippen molar-refractivity contribution in [1.82, 2.24) is 4.98 Å². The SMILES string of the molecule is COC(=O)c1cccc2c(OS(=O)(=O)C(F)(F)F)c(OS(=O)(=O)C(F)(F)F)ncc12. The average Bonchev–Trinajstić information content (AvgIpc) is 2.60. The van der Waals surface area contributed by atoms with Gasteiger partial charge in [0.2, 0.25) is 5.75 Å². The molecule has 2 aromatic rings. The van der Waals surface area contributed by atoms with Gasteiger partial charge in [0.05, 0.1) is 12.7 Å². The molecule has 0 amide bonds. The molecule has 0 atom stereocenters. The summed E-state index contributed by atoms with van der Waals surface area (Å²) in [5.74, 6) is -4.50. The van der Waals surface area contributed by atoms with E-state index in [9.17, 15) is 48.0 Å². The molecule has 0 saturated heterocycles. The summed E-state index contributed by atoms with van der Waals surface area (Å²) in [6.45, 7) is 0. The number of rotatable bonds is 5. The Morgan fingerprint density at radius 3 is 1.93 bits per heavy atom. The van der Waals surface area contributed by atoms with Crippen LogP contribution in [0, 0.1) is 0 Å². The fraction of sp³-hybridized carbons (Fsp3) is 0.231. The number of hydrogen-bond donors (Lipinski definition) is 0. The van der Waals surface area contributed by atoms with E-state index in [1.165, 1.54) is 0 Å². The Labute approximate surface area is 163 Å². The largest absolute Gasteiger partial charge is 0.534 e. The summed E-state index contributed by atoms with van der Waals surface area (Å²) in [5, 5.41) is -1.18. The highest BCUT2D eigenvalue weighted by Crippen LogP contribution is 2.40. The topological polar surface area (TPSA) is 126 Å². The number of alkyl halides is 6. The van der Waals surface area contributed by atoms with Gasteiger partial charge in [-0.2, -0.15) is 43.2 Å². The lowest BCUT2D eigenvalue weighted by Gasteiger charge is -2.16. The van der Waals surface area contributed by atoms with Gasteiger partial charge in [0.15, 0.2) is 0 Å². The highest BCUT2D eigenvalue weighted by atomic mass is 32.2. The van der Waals surface area contributed by atoms with Crippen LogP contribution in [0.1, 0.15) is 10.4 Å². The van der Waals surface area contributed by atoms with Gasteiger partial charge in [0, 0.05) is 17.0 Å². The molecule has 1 aromatic carbocycles. The fourth-order valence-corrected chi connectivity index (χ4v) is 2.83. The minimum Gasteiger partial charge on any atom is -0.465 e. The monoisotopic (exact) mass is 483 g/mol. The molecule has 1 aromatic heterocycles. The van der Waals surface area contributed by atoms with E-state index in [0.717, 1.165) is 25.3 Å². The Kier molecular flexibility index (Phi) is 5.83. The van der Waals surface area contributed by atoms with Crippen molar-refractivity contribution in [1.29, 1.82) is 0 Å². The maximum absolute atomic E-state index is 12.7. The predicted molar refractivity (Wildman–Crippen MR) is 84.3 cm³/mol. The van der Waals surface area contributed by atoms with Crippen LogP contribution in [0.3, 0.4) is 0 Å². The first kappa shape index (κ1) is 23.5. The molecule has 0 aliphatic heterocycles. The van der Waals surface area contributed by atoms with Gasteiger partial charge in [0.25, 0.3) is 5.88 Å². The summed E-state index contributed by atoms with van der Waals surface area (Å²) in [6.07, 6.45) is 0.551. The molecule has 1 heterocycles. The quantitative estimate of drug-likeness (QED) is 0.273. The van der Waals surface area contributed by atoms with E-state index in [2.05, 4.69) is 18.1 Å². The summed E-state index contributed by atoms with van der Waals surface area (Å²) in [4.78, 5) is 14.8. The summed E-state index contributed by atoms with van der Waals surface area (Å²) in [7, 11) is -12.1. The zero-order valence-electron chi connectivity index (χ0n) is 14.1. The van der Waals surface area contributed by atoms with Crippen molar-refractivity contribution in [2.75, 3.05) is 7.11 Å². The Morgan fingerprint density at radius 1 is 0.900 bits per heavy atom. The number of methoxy groups -OCH3 is 1. The lowest BCUT2D eigenvalue weighted by Crippen LogP contribution is -2.30. The van der Waals surface area contributed by atoms with Crippen LogP contribution in [0.25, 0.3) is 10.8 Å². The molecule has 166 valence electrons. The second kappa shape index (κ2) is 7.46. The molecule has 17 heteroatoms. The molecule has 2 rings (SSSR count). The van der Waals surface area contributed by atoms with Crippen LogP contribution in [0.2, 0.25) is 0 Å². The molecule has 0 unspecified atom stereocenters. The first-order valence-corrected chi connectivity index (χ1v) is 9.85. The van der Waals surface area contributed by atoms with Crippen molar-refractivity contribution in [2.24, 2.45) is 0 Å². The molecular formula is C13H7F6NO8S2. The minimum atomic E-state index is -6.51. The zero-order valence-corrected chi connectivity index (χ0v) is 15.7. The van der Waals surface area contributed by atoms with E-state index in [4.69, 9.17) is 0 Å². The summed E-state index contributed by atoms with van der Waals surface area (Å²) >= 11 is 0. The predicted octanol–water partition coefficient (Wildman–Crippen LogP) is 2.48. The Hall–Kier alpha value is -2.82. The molecule has 9 nitrogen and oxygen atoms in total. The molecule has 0 N–H and O–H groups in total. The van der Waals surface area contributed by atoms with Crippen molar-refractivity contribution in [3.05, 3.63) is 30.0 Å². The van der Waals surface area contributed by atoms with E-state index in [1.54, 1.807) is 0 Å². The van der Waals surface area contributed by atoms with Crippen molar-refractivity contribution in [3.8, 4) is 11.6 Å². The molecule has 0 aliphatic carbocycles. The fourth-order valence-electron chi connectivity index (χ4n) is 1.94. The molecular weight excluding hydrogens is 476 g/mol. The van der Waals surface area contributed by atoms with Crippen LogP contribution in [0.15, 0.2) is 24.4 Å². The molecule has 0 fully saturated rings. The average molecular weight is 483 g/mol. The highest BCUT2D eigenvalue weighted by molar-refractivity contribution is 7.88. The number of carbonyl (C=O) groups excluding carboxylic acids is 1. The number of carbonyl (C=O) groups is 1. The molecule has 0 spiro atoms. The Bertz CT molecular complexity index is 1200. The Morgan fingerprint density at radius 2 is 1.43 bits per heavy atom. The number of pyridine rings is 1. The van der Waals surface area contributed by atoms with Crippen LogP contribution in [0.5, 0.6) is 11.6 Å². The van der Waals surface area contributed by atoms with Crippen molar-refractivity contribution >= 4 is 37.0 Å². The van der Waals surface area contributed by atoms with Crippen LogP contribution in [-0.4, -0.2) is 45.9 Å². The van der Waals surface area contributed by atoms with E-state index >= 15 is 0 Å². The first-order valence-electron chi connectivity index (χ1n) is 7.03. The number of aromatic nitrogens is 1. The number of halogens is 6.